The van der Waals surface area contributed by atoms with Crippen LogP contribution in [0.3, 0.4) is 0 Å². The van der Waals surface area contributed by atoms with Gasteiger partial charge >= 0.3 is 6.61 Å². The minimum Gasteiger partial charge on any atom is -0.435 e. The fourth-order valence-electron chi connectivity index (χ4n) is 4.58. The molecule has 1 atom stereocenters. The van der Waals surface area contributed by atoms with Crippen LogP contribution >= 0.6 is 0 Å². The van der Waals surface area contributed by atoms with Crippen molar-refractivity contribution >= 4 is 23.4 Å². The van der Waals surface area contributed by atoms with Crippen molar-refractivity contribution in [1.29, 1.82) is 0 Å². The van der Waals surface area contributed by atoms with Gasteiger partial charge < -0.3 is 14.5 Å². The molecule has 2 aromatic carbocycles. The first-order valence-electron chi connectivity index (χ1n) is 10.7. The summed E-state index contributed by atoms with van der Waals surface area (Å²) in [4.78, 5) is 43.5. The van der Waals surface area contributed by atoms with Crippen molar-refractivity contribution in [1.82, 2.24) is 9.80 Å². The molecule has 0 bridgehead atoms. The molecule has 2 aliphatic heterocycles. The molecule has 3 amide bonds. The maximum Gasteiger partial charge on any atom is 0.387 e. The summed E-state index contributed by atoms with van der Waals surface area (Å²) in [7, 11) is 1.65. The number of rotatable bonds is 7. The Hall–Kier alpha value is -3.49. The van der Waals surface area contributed by atoms with Crippen LogP contribution in [0.2, 0.25) is 0 Å². The van der Waals surface area contributed by atoms with E-state index in [9.17, 15) is 23.2 Å². The SMILES string of the molecule is CN(Cc1ccc(OC(F)F)cc1)C(=O)CCN1C(=O)c2ccccc2N2C(=O)CCC12C. The fourth-order valence-corrected chi connectivity index (χ4v) is 4.58. The molecule has 0 aromatic heterocycles. The fraction of sp³-hybridized carbons (Fsp3) is 0.375. The average molecular weight is 457 g/mol. The lowest BCUT2D eigenvalue weighted by atomic mass is 9.98. The van der Waals surface area contributed by atoms with Crippen molar-refractivity contribution in [3.05, 3.63) is 59.7 Å². The van der Waals surface area contributed by atoms with E-state index in [0.29, 0.717) is 24.1 Å². The third-order valence-corrected chi connectivity index (χ3v) is 6.29. The van der Waals surface area contributed by atoms with Crippen molar-refractivity contribution in [3.63, 3.8) is 0 Å². The molecule has 4 rings (SSSR count). The number of alkyl halides is 2. The van der Waals surface area contributed by atoms with E-state index >= 15 is 0 Å². The van der Waals surface area contributed by atoms with Crippen LogP contribution in [-0.4, -0.2) is 53.4 Å². The van der Waals surface area contributed by atoms with Crippen molar-refractivity contribution in [2.45, 2.75) is 45.0 Å². The molecule has 2 aliphatic rings. The Kier molecular flexibility index (Phi) is 6.05. The normalized spacial score (nSPS) is 19.5. The molecule has 174 valence electrons. The Morgan fingerprint density at radius 3 is 2.55 bits per heavy atom. The standard InChI is InChI=1S/C24H25F2N3O4/c1-24-13-11-21(31)29(24)19-6-4-3-5-18(19)22(32)28(24)14-12-20(30)27(2)15-16-7-9-17(10-8-16)33-23(25)26/h3-10,23H,11-15H2,1-2H3. The maximum absolute atomic E-state index is 13.3. The minimum absolute atomic E-state index is 0.0369. The molecule has 0 N–H and O–H groups in total. The van der Waals surface area contributed by atoms with Gasteiger partial charge in [0, 0.05) is 33.0 Å². The van der Waals surface area contributed by atoms with Crippen LogP contribution in [-0.2, 0) is 16.1 Å². The molecule has 1 saturated heterocycles. The summed E-state index contributed by atoms with van der Waals surface area (Å²) in [6, 6.07) is 13.1. The number of carbonyl (C=O) groups is 3. The molecule has 9 heteroatoms. The summed E-state index contributed by atoms with van der Waals surface area (Å²) in [5, 5.41) is 0. The third kappa shape index (κ3) is 4.27. The second-order valence-electron chi connectivity index (χ2n) is 8.44. The van der Waals surface area contributed by atoms with Gasteiger partial charge in [0.15, 0.2) is 0 Å². The second-order valence-corrected chi connectivity index (χ2v) is 8.44. The number of nitrogens with zero attached hydrogens (tertiary/aromatic N) is 3. The number of ether oxygens (including phenoxy) is 1. The molecular weight excluding hydrogens is 432 g/mol. The van der Waals surface area contributed by atoms with Crippen LogP contribution in [0.4, 0.5) is 14.5 Å². The quantitative estimate of drug-likeness (QED) is 0.637. The highest BCUT2D eigenvalue weighted by Gasteiger charge is 2.52. The number of halogens is 2. The van der Waals surface area contributed by atoms with Crippen LogP contribution in [0.5, 0.6) is 5.75 Å². The number of amides is 3. The lowest BCUT2D eigenvalue weighted by Gasteiger charge is -2.48. The highest BCUT2D eigenvalue weighted by Crippen LogP contribution is 2.44. The Morgan fingerprint density at radius 2 is 1.85 bits per heavy atom. The Balaban J connectivity index is 1.43. The monoisotopic (exact) mass is 457 g/mol. The molecule has 1 fully saturated rings. The van der Waals surface area contributed by atoms with Gasteiger partial charge in [0.2, 0.25) is 11.8 Å². The molecule has 0 spiro atoms. The maximum atomic E-state index is 13.3. The summed E-state index contributed by atoms with van der Waals surface area (Å²) < 4.78 is 28.9. The van der Waals surface area contributed by atoms with Crippen LogP contribution in [0.25, 0.3) is 0 Å². The molecule has 2 heterocycles. The molecule has 0 radical (unpaired) electrons. The third-order valence-electron chi connectivity index (χ3n) is 6.29. The number of anilines is 1. The molecule has 2 aromatic rings. The summed E-state index contributed by atoms with van der Waals surface area (Å²) in [5.41, 5.74) is 1.03. The average Bonchev–Trinajstić information content (AvgIpc) is 3.09. The highest BCUT2D eigenvalue weighted by molar-refractivity contribution is 6.10. The van der Waals surface area contributed by atoms with E-state index in [2.05, 4.69) is 4.74 Å². The topological polar surface area (TPSA) is 70.2 Å². The summed E-state index contributed by atoms with van der Waals surface area (Å²) in [6.45, 7) is -0.565. The lowest BCUT2D eigenvalue weighted by Crippen LogP contribution is -2.62. The second kappa shape index (κ2) is 8.80. The molecule has 1 unspecified atom stereocenters. The predicted octanol–water partition coefficient (Wildman–Crippen LogP) is 3.64. The van der Waals surface area contributed by atoms with E-state index < -0.39 is 12.3 Å². The van der Waals surface area contributed by atoms with E-state index in [4.69, 9.17) is 0 Å². The smallest absolute Gasteiger partial charge is 0.387 e. The highest BCUT2D eigenvalue weighted by atomic mass is 19.3. The van der Waals surface area contributed by atoms with E-state index in [1.165, 1.54) is 17.0 Å². The zero-order valence-electron chi connectivity index (χ0n) is 18.5. The Labute approximate surface area is 190 Å². The molecular formula is C24H25F2N3O4. The summed E-state index contributed by atoms with van der Waals surface area (Å²) >= 11 is 0. The first kappa shape index (κ1) is 22.7. The molecule has 7 nitrogen and oxygen atoms in total. The number of fused-ring (bicyclic) bond motifs is 3. The van der Waals surface area contributed by atoms with Gasteiger partial charge in [0.1, 0.15) is 11.4 Å². The number of carbonyl (C=O) groups excluding carboxylic acids is 3. The van der Waals surface area contributed by atoms with Gasteiger partial charge in [-0.25, -0.2) is 0 Å². The van der Waals surface area contributed by atoms with Gasteiger partial charge in [-0.3, -0.25) is 19.3 Å². The van der Waals surface area contributed by atoms with E-state index in [1.54, 1.807) is 53.2 Å². The van der Waals surface area contributed by atoms with E-state index in [0.717, 1.165) is 5.56 Å². The van der Waals surface area contributed by atoms with Crippen LogP contribution < -0.4 is 9.64 Å². The van der Waals surface area contributed by atoms with Crippen molar-refractivity contribution in [2.75, 3.05) is 18.5 Å². The molecule has 0 aliphatic carbocycles. The van der Waals surface area contributed by atoms with Crippen LogP contribution in [0.15, 0.2) is 48.5 Å². The summed E-state index contributed by atoms with van der Waals surface area (Å²) in [5.74, 6) is -0.348. The Bertz CT molecular complexity index is 1080. The lowest BCUT2D eigenvalue weighted by molar-refractivity contribution is -0.130. The first-order chi connectivity index (χ1) is 15.7. The van der Waals surface area contributed by atoms with Crippen molar-refractivity contribution in [2.24, 2.45) is 0 Å². The number of hydrogen-bond acceptors (Lipinski definition) is 4. The van der Waals surface area contributed by atoms with Crippen molar-refractivity contribution in [3.8, 4) is 5.75 Å². The summed E-state index contributed by atoms with van der Waals surface area (Å²) in [6.07, 6.45) is 0.936. The van der Waals surface area contributed by atoms with Gasteiger partial charge in [0.25, 0.3) is 5.91 Å². The van der Waals surface area contributed by atoms with Gasteiger partial charge in [-0.2, -0.15) is 8.78 Å². The van der Waals surface area contributed by atoms with Gasteiger partial charge in [0.05, 0.1) is 11.3 Å². The molecule has 0 saturated carbocycles. The van der Waals surface area contributed by atoms with Gasteiger partial charge in [-0.05, 0) is 43.2 Å². The Morgan fingerprint density at radius 1 is 1.15 bits per heavy atom. The van der Waals surface area contributed by atoms with Crippen LogP contribution in [0.1, 0.15) is 42.1 Å². The van der Waals surface area contributed by atoms with E-state index in [1.807, 2.05) is 6.92 Å². The van der Waals surface area contributed by atoms with Crippen LogP contribution in [0, 0.1) is 0 Å². The zero-order chi connectivity index (χ0) is 23.8. The zero-order valence-corrected chi connectivity index (χ0v) is 18.5. The molecule has 33 heavy (non-hydrogen) atoms. The largest absolute Gasteiger partial charge is 0.435 e. The van der Waals surface area contributed by atoms with Crippen molar-refractivity contribution < 1.29 is 27.9 Å². The predicted molar refractivity (Wildman–Crippen MR) is 117 cm³/mol. The number of para-hydroxylation sites is 1. The number of hydrogen-bond donors (Lipinski definition) is 0. The van der Waals surface area contributed by atoms with Gasteiger partial charge in [-0.15, -0.1) is 0 Å². The minimum atomic E-state index is -2.89. The van der Waals surface area contributed by atoms with Gasteiger partial charge in [-0.1, -0.05) is 24.3 Å². The van der Waals surface area contributed by atoms with E-state index in [-0.39, 0.29) is 43.0 Å². The number of benzene rings is 2. The first-order valence-corrected chi connectivity index (χ1v) is 10.7.